The van der Waals surface area contributed by atoms with Gasteiger partial charge in [-0.15, -0.1) is 0 Å². The van der Waals surface area contributed by atoms with Crippen LogP contribution < -0.4 is 15.5 Å². The molecule has 0 aromatic heterocycles. The molecule has 184 valence electrons. The zero-order valence-corrected chi connectivity index (χ0v) is 20.8. The zero-order valence-electron chi connectivity index (χ0n) is 19.2. The van der Waals surface area contributed by atoms with Crippen LogP contribution in [0.3, 0.4) is 0 Å². The molecule has 35 heavy (non-hydrogen) atoms. The summed E-state index contributed by atoms with van der Waals surface area (Å²) in [6.07, 6.45) is -0.171. The highest BCUT2D eigenvalue weighted by Crippen LogP contribution is 2.29. The largest absolute Gasteiger partial charge is 0.462 e. The van der Waals surface area contributed by atoms with Gasteiger partial charge in [0.25, 0.3) is 5.91 Å². The number of carbonyl (C=O) groups is 4. The molecule has 11 heteroatoms. The molecule has 0 spiro atoms. The van der Waals surface area contributed by atoms with E-state index in [1.165, 1.54) is 11.8 Å². The first-order chi connectivity index (χ1) is 16.7. The molecule has 1 saturated heterocycles. The molecule has 0 radical (unpaired) electrons. The van der Waals surface area contributed by atoms with E-state index in [0.29, 0.717) is 22.0 Å². The number of carbonyl (C=O) groups excluding carboxylic acids is 4. The fourth-order valence-corrected chi connectivity index (χ4v) is 4.18. The van der Waals surface area contributed by atoms with Crippen molar-refractivity contribution in [1.29, 1.82) is 0 Å². The maximum absolute atomic E-state index is 13.3. The standard InChI is InChI=1S/C24H25ClN4O5S/c1-3-34-23(33)16-7-9-18(10-8-16)27-21(31)14-20-22(32)29(19-6-4-5-17(25)13-19)24(35)28(20)12-11-26-15(2)30/h4-10,13,20H,3,11-12,14H2,1-2H3,(H,26,30)(H,27,31)/t20-/m1/s1. The second kappa shape index (κ2) is 11.8. The number of esters is 1. The first-order valence-corrected chi connectivity index (χ1v) is 11.7. The van der Waals surface area contributed by atoms with Gasteiger partial charge in [-0.25, -0.2) is 4.79 Å². The Morgan fingerprint density at radius 1 is 1.14 bits per heavy atom. The van der Waals surface area contributed by atoms with Gasteiger partial charge in [-0.05, 0) is 61.6 Å². The maximum Gasteiger partial charge on any atom is 0.338 e. The summed E-state index contributed by atoms with van der Waals surface area (Å²) in [5.41, 5.74) is 1.32. The molecule has 3 amide bonds. The van der Waals surface area contributed by atoms with Crippen LogP contribution in [-0.2, 0) is 19.1 Å². The summed E-state index contributed by atoms with van der Waals surface area (Å²) in [7, 11) is 0. The number of halogens is 1. The van der Waals surface area contributed by atoms with Gasteiger partial charge in [-0.3, -0.25) is 19.3 Å². The molecule has 0 bridgehead atoms. The highest BCUT2D eigenvalue weighted by Gasteiger charge is 2.44. The lowest BCUT2D eigenvalue weighted by molar-refractivity contribution is -0.124. The number of amides is 3. The van der Waals surface area contributed by atoms with Gasteiger partial charge in [0.05, 0.1) is 24.3 Å². The number of hydrogen-bond donors (Lipinski definition) is 2. The highest BCUT2D eigenvalue weighted by atomic mass is 35.5. The van der Waals surface area contributed by atoms with Crippen LogP contribution in [0.2, 0.25) is 5.02 Å². The molecule has 2 aromatic carbocycles. The van der Waals surface area contributed by atoms with E-state index in [9.17, 15) is 19.2 Å². The summed E-state index contributed by atoms with van der Waals surface area (Å²) >= 11 is 11.7. The molecule has 9 nitrogen and oxygen atoms in total. The minimum absolute atomic E-state index is 0.171. The molecule has 0 unspecified atom stereocenters. The molecule has 2 aromatic rings. The third kappa shape index (κ3) is 6.55. The van der Waals surface area contributed by atoms with Crippen molar-refractivity contribution in [2.24, 2.45) is 0 Å². The minimum atomic E-state index is -0.867. The van der Waals surface area contributed by atoms with Crippen molar-refractivity contribution in [3.63, 3.8) is 0 Å². The van der Waals surface area contributed by atoms with Crippen LogP contribution in [0.4, 0.5) is 11.4 Å². The van der Waals surface area contributed by atoms with E-state index >= 15 is 0 Å². The van der Waals surface area contributed by atoms with E-state index in [0.717, 1.165) is 0 Å². The van der Waals surface area contributed by atoms with E-state index in [-0.39, 0.29) is 43.0 Å². The number of nitrogens with zero attached hydrogens (tertiary/aromatic N) is 2. The van der Waals surface area contributed by atoms with Crippen LogP contribution in [0.1, 0.15) is 30.6 Å². The normalized spacial score (nSPS) is 15.2. The molecule has 1 aliphatic rings. The third-order valence-electron chi connectivity index (χ3n) is 5.17. The summed E-state index contributed by atoms with van der Waals surface area (Å²) in [6.45, 7) is 3.87. The van der Waals surface area contributed by atoms with Gasteiger partial charge in [0.1, 0.15) is 6.04 Å². The molecule has 1 atom stereocenters. The third-order valence-corrected chi connectivity index (χ3v) is 5.82. The predicted octanol–water partition coefficient (Wildman–Crippen LogP) is 2.98. The van der Waals surface area contributed by atoms with Crippen LogP contribution in [-0.4, -0.2) is 59.4 Å². The number of anilines is 2. The highest BCUT2D eigenvalue weighted by molar-refractivity contribution is 7.80. The fourth-order valence-electron chi connectivity index (χ4n) is 3.58. The number of thiocarbonyl (C=S) groups is 1. The van der Waals surface area contributed by atoms with E-state index in [1.54, 1.807) is 60.4 Å². The summed E-state index contributed by atoms with van der Waals surface area (Å²) < 4.78 is 4.95. The lowest BCUT2D eigenvalue weighted by atomic mass is 10.1. The van der Waals surface area contributed by atoms with Crippen molar-refractivity contribution in [1.82, 2.24) is 10.2 Å². The Morgan fingerprint density at radius 2 is 1.86 bits per heavy atom. The Kier molecular flexibility index (Phi) is 8.78. The van der Waals surface area contributed by atoms with Crippen molar-refractivity contribution in [2.75, 3.05) is 29.9 Å². The van der Waals surface area contributed by atoms with Gasteiger partial charge in [-0.1, -0.05) is 17.7 Å². The molecule has 3 rings (SSSR count). The van der Waals surface area contributed by atoms with Crippen molar-refractivity contribution < 1.29 is 23.9 Å². The first-order valence-electron chi connectivity index (χ1n) is 10.9. The summed E-state index contributed by atoms with van der Waals surface area (Å²) in [6, 6.07) is 12.1. The van der Waals surface area contributed by atoms with E-state index in [2.05, 4.69) is 10.6 Å². The number of rotatable bonds is 9. The Balaban J connectivity index is 1.75. The summed E-state index contributed by atoms with van der Waals surface area (Å²) in [4.78, 5) is 52.3. The van der Waals surface area contributed by atoms with Crippen molar-refractivity contribution >= 4 is 64.0 Å². The molecule has 1 fully saturated rings. The number of benzene rings is 2. The second-order valence-corrected chi connectivity index (χ2v) is 8.48. The van der Waals surface area contributed by atoms with Crippen molar-refractivity contribution in [2.45, 2.75) is 26.3 Å². The molecule has 0 saturated carbocycles. The van der Waals surface area contributed by atoms with Gasteiger partial charge in [0.15, 0.2) is 5.11 Å². The SMILES string of the molecule is CCOC(=O)c1ccc(NC(=O)C[C@@H]2C(=O)N(c3cccc(Cl)c3)C(=S)N2CCNC(C)=O)cc1. The van der Waals surface area contributed by atoms with Crippen LogP contribution >= 0.6 is 23.8 Å². The number of nitrogens with one attached hydrogen (secondary N) is 2. The van der Waals surface area contributed by atoms with E-state index in [4.69, 9.17) is 28.6 Å². The molecular weight excluding hydrogens is 492 g/mol. The van der Waals surface area contributed by atoms with E-state index < -0.39 is 17.9 Å². The topological polar surface area (TPSA) is 108 Å². The molecule has 0 aliphatic carbocycles. The predicted molar refractivity (Wildman–Crippen MR) is 136 cm³/mol. The molecule has 1 aliphatic heterocycles. The van der Waals surface area contributed by atoms with Crippen LogP contribution in [0.15, 0.2) is 48.5 Å². The Hall–Kier alpha value is -3.50. The Morgan fingerprint density at radius 3 is 2.49 bits per heavy atom. The van der Waals surface area contributed by atoms with Gasteiger partial charge in [-0.2, -0.15) is 0 Å². The number of ether oxygens (including phenoxy) is 1. The van der Waals surface area contributed by atoms with Gasteiger partial charge in [0, 0.05) is 30.7 Å². The van der Waals surface area contributed by atoms with Crippen LogP contribution in [0.5, 0.6) is 0 Å². The van der Waals surface area contributed by atoms with Gasteiger partial charge >= 0.3 is 5.97 Å². The minimum Gasteiger partial charge on any atom is -0.462 e. The molecule has 2 N–H and O–H groups in total. The van der Waals surface area contributed by atoms with Gasteiger partial charge < -0.3 is 20.3 Å². The Labute approximate surface area is 213 Å². The van der Waals surface area contributed by atoms with Gasteiger partial charge in [0.2, 0.25) is 11.8 Å². The van der Waals surface area contributed by atoms with E-state index in [1.807, 2.05) is 0 Å². The first kappa shape index (κ1) is 26.1. The maximum atomic E-state index is 13.3. The molecule has 1 heterocycles. The quantitative estimate of drug-likeness (QED) is 0.389. The smallest absolute Gasteiger partial charge is 0.338 e. The Bertz CT molecular complexity index is 1140. The van der Waals surface area contributed by atoms with Crippen molar-refractivity contribution in [3.05, 3.63) is 59.1 Å². The van der Waals surface area contributed by atoms with Crippen molar-refractivity contribution in [3.8, 4) is 0 Å². The average Bonchev–Trinajstić information content (AvgIpc) is 3.03. The lowest BCUT2D eigenvalue weighted by Gasteiger charge is -2.24. The average molecular weight is 517 g/mol. The van der Waals surface area contributed by atoms with Crippen LogP contribution in [0, 0.1) is 0 Å². The zero-order chi connectivity index (χ0) is 25.5. The monoisotopic (exact) mass is 516 g/mol. The summed E-state index contributed by atoms with van der Waals surface area (Å²) in [5, 5.41) is 6.08. The summed E-state index contributed by atoms with van der Waals surface area (Å²) in [5.74, 6) is -1.44. The van der Waals surface area contributed by atoms with Crippen LogP contribution in [0.25, 0.3) is 0 Å². The fraction of sp³-hybridized carbons (Fsp3) is 0.292. The second-order valence-electron chi connectivity index (χ2n) is 7.68. The lowest BCUT2D eigenvalue weighted by Crippen LogP contribution is -2.42. The molecular formula is C24H25ClN4O5S. The number of hydrogen-bond acceptors (Lipinski definition) is 6.